The molecular weight excluding hydrogens is 272 g/mol. The van der Waals surface area contributed by atoms with Crippen LogP contribution in [-0.4, -0.2) is 37.0 Å². The van der Waals surface area contributed by atoms with Gasteiger partial charge in [0.2, 0.25) is 0 Å². The van der Waals surface area contributed by atoms with Crippen LogP contribution in [0.2, 0.25) is 0 Å². The van der Waals surface area contributed by atoms with E-state index >= 15 is 0 Å². The summed E-state index contributed by atoms with van der Waals surface area (Å²) in [5.74, 6) is 1.46. The number of nitrogens with zero attached hydrogens (tertiary/aromatic N) is 1. The fourth-order valence-electron chi connectivity index (χ4n) is 3.88. The second-order valence-electron chi connectivity index (χ2n) is 7.16. The largest absolute Gasteiger partial charge is 0.338 e. The van der Waals surface area contributed by atoms with Crippen LogP contribution >= 0.6 is 0 Å². The lowest BCUT2D eigenvalue weighted by molar-refractivity contribution is 0.0683. The standard InChI is InChI=1S/C19H28N2O/c1-14-4-3-9-21(13-14)19(22)18-11-15(2)10-17(12-18)16-5-7-20-8-6-16/h10-12,14,16,20H,3-9,13H2,1-2H3. The van der Waals surface area contributed by atoms with Crippen molar-refractivity contribution in [1.29, 1.82) is 0 Å². The van der Waals surface area contributed by atoms with E-state index in [-0.39, 0.29) is 5.91 Å². The van der Waals surface area contributed by atoms with E-state index < -0.39 is 0 Å². The van der Waals surface area contributed by atoms with E-state index in [0.717, 1.165) is 38.2 Å². The Morgan fingerprint density at radius 1 is 1.18 bits per heavy atom. The molecule has 0 radical (unpaired) electrons. The van der Waals surface area contributed by atoms with Crippen LogP contribution in [0.25, 0.3) is 0 Å². The number of amides is 1. The number of carbonyl (C=O) groups is 1. The predicted octanol–water partition coefficient (Wildman–Crippen LogP) is 3.33. The van der Waals surface area contributed by atoms with Crippen molar-refractivity contribution >= 4 is 5.91 Å². The normalized spacial score (nSPS) is 23.5. The zero-order chi connectivity index (χ0) is 15.5. The molecule has 1 aromatic carbocycles. The molecule has 2 aliphatic heterocycles. The lowest BCUT2D eigenvalue weighted by atomic mass is 9.88. The Balaban J connectivity index is 1.80. The zero-order valence-electron chi connectivity index (χ0n) is 13.9. The fourth-order valence-corrected chi connectivity index (χ4v) is 3.88. The number of aryl methyl sites for hydroxylation is 1. The molecule has 3 heteroatoms. The number of benzene rings is 1. The van der Waals surface area contributed by atoms with Gasteiger partial charge in [-0.3, -0.25) is 4.79 Å². The third-order valence-corrected chi connectivity index (χ3v) is 5.10. The molecule has 2 saturated heterocycles. The van der Waals surface area contributed by atoms with Crippen LogP contribution in [0.1, 0.15) is 60.0 Å². The minimum absolute atomic E-state index is 0.227. The summed E-state index contributed by atoms with van der Waals surface area (Å²) in [6, 6.07) is 6.49. The Hall–Kier alpha value is -1.35. The Morgan fingerprint density at radius 3 is 2.68 bits per heavy atom. The molecule has 2 heterocycles. The van der Waals surface area contributed by atoms with Gasteiger partial charge >= 0.3 is 0 Å². The summed E-state index contributed by atoms with van der Waals surface area (Å²) in [7, 11) is 0. The van der Waals surface area contributed by atoms with Gasteiger partial charge in [0.25, 0.3) is 5.91 Å². The van der Waals surface area contributed by atoms with Gasteiger partial charge in [0.1, 0.15) is 0 Å². The first kappa shape index (κ1) is 15.5. The van der Waals surface area contributed by atoms with Crippen LogP contribution < -0.4 is 5.32 Å². The number of nitrogens with one attached hydrogen (secondary N) is 1. The van der Waals surface area contributed by atoms with E-state index in [4.69, 9.17) is 0 Å². The van der Waals surface area contributed by atoms with E-state index in [0.29, 0.717) is 11.8 Å². The van der Waals surface area contributed by atoms with E-state index in [1.807, 2.05) is 0 Å². The topological polar surface area (TPSA) is 32.3 Å². The second-order valence-corrected chi connectivity index (χ2v) is 7.16. The molecule has 1 atom stereocenters. The van der Waals surface area contributed by atoms with Gasteiger partial charge in [-0.2, -0.15) is 0 Å². The van der Waals surface area contributed by atoms with Crippen molar-refractivity contribution in [2.24, 2.45) is 5.92 Å². The van der Waals surface area contributed by atoms with Crippen LogP contribution in [0, 0.1) is 12.8 Å². The summed E-state index contributed by atoms with van der Waals surface area (Å²) >= 11 is 0. The summed E-state index contributed by atoms with van der Waals surface area (Å²) in [4.78, 5) is 14.9. The van der Waals surface area contributed by atoms with Crippen LogP contribution in [0.5, 0.6) is 0 Å². The first-order chi connectivity index (χ1) is 10.6. The second kappa shape index (κ2) is 6.82. The zero-order valence-corrected chi connectivity index (χ0v) is 13.9. The van der Waals surface area contributed by atoms with Crippen LogP contribution in [-0.2, 0) is 0 Å². The monoisotopic (exact) mass is 300 g/mol. The minimum Gasteiger partial charge on any atom is -0.338 e. The van der Waals surface area contributed by atoms with Gasteiger partial charge in [0.05, 0.1) is 0 Å². The molecule has 1 aromatic rings. The highest BCUT2D eigenvalue weighted by atomic mass is 16.2. The maximum Gasteiger partial charge on any atom is 0.253 e. The summed E-state index contributed by atoms with van der Waals surface area (Å²) in [5, 5.41) is 3.42. The maximum atomic E-state index is 12.8. The Bertz CT molecular complexity index is 534. The number of carbonyl (C=O) groups excluding carboxylic acids is 1. The van der Waals surface area contributed by atoms with Crippen LogP contribution in [0.3, 0.4) is 0 Å². The lowest BCUT2D eigenvalue weighted by Crippen LogP contribution is -2.39. The first-order valence-corrected chi connectivity index (χ1v) is 8.75. The molecular formula is C19H28N2O. The average molecular weight is 300 g/mol. The molecule has 3 rings (SSSR count). The van der Waals surface area contributed by atoms with E-state index in [2.05, 4.69) is 42.3 Å². The third-order valence-electron chi connectivity index (χ3n) is 5.10. The molecule has 0 bridgehead atoms. The van der Waals surface area contributed by atoms with Gasteiger partial charge < -0.3 is 10.2 Å². The number of likely N-dealkylation sites (tertiary alicyclic amines) is 1. The summed E-state index contributed by atoms with van der Waals surface area (Å²) in [6.07, 6.45) is 4.74. The van der Waals surface area contributed by atoms with E-state index in [1.54, 1.807) is 0 Å². The van der Waals surface area contributed by atoms with Crippen LogP contribution in [0.4, 0.5) is 0 Å². The molecule has 0 aliphatic carbocycles. The molecule has 120 valence electrons. The van der Waals surface area contributed by atoms with Crippen molar-refractivity contribution < 1.29 is 4.79 Å². The van der Waals surface area contributed by atoms with Crippen LogP contribution in [0.15, 0.2) is 18.2 Å². The van der Waals surface area contributed by atoms with Gasteiger partial charge in [-0.15, -0.1) is 0 Å². The molecule has 2 aliphatic rings. The molecule has 1 N–H and O–H groups in total. The smallest absolute Gasteiger partial charge is 0.253 e. The number of hydrogen-bond donors (Lipinski definition) is 1. The van der Waals surface area contributed by atoms with Gasteiger partial charge in [-0.25, -0.2) is 0 Å². The van der Waals surface area contributed by atoms with Gasteiger partial charge in [0, 0.05) is 18.7 Å². The van der Waals surface area contributed by atoms with Crippen molar-refractivity contribution in [3.63, 3.8) is 0 Å². The third kappa shape index (κ3) is 3.52. The maximum absolute atomic E-state index is 12.8. The molecule has 3 nitrogen and oxygen atoms in total. The lowest BCUT2D eigenvalue weighted by Gasteiger charge is -2.31. The minimum atomic E-state index is 0.227. The highest BCUT2D eigenvalue weighted by Gasteiger charge is 2.23. The molecule has 2 fully saturated rings. The number of piperidine rings is 2. The number of hydrogen-bond acceptors (Lipinski definition) is 2. The molecule has 0 spiro atoms. The summed E-state index contributed by atoms with van der Waals surface area (Å²) in [5.41, 5.74) is 3.46. The summed E-state index contributed by atoms with van der Waals surface area (Å²) in [6.45, 7) is 8.36. The Kier molecular flexibility index (Phi) is 4.82. The molecule has 1 unspecified atom stereocenters. The SMILES string of the molecule is Cc1cc(C(=O)N2CCCC(C)C2)cc(C2CCNCC2)c1. The Labute approximate surface area is 134 Å². The predicted molar refractivity (Wildman–Crippen MR) is 90.3 cm³/mol. The number of rotatable bonds is 2. The van der Waals surface area contributed by atoms with Crippen molar-refractivity contribution in [2.75, 3.05) is 26.2 Å². The average Bonchev–Trinajstić information content (AvgIpc) is 2.54. The Morgan fingerprint density at radius 2 is 1.95 bits per heavy atom. The highest BCUT2D eigenvalue weighted by molar-refractivity contribution is 5.94. The molecule has 22 heavy (non-hydrogen) atoms. The molecule has 1 amide bonds. The van der Waals surface area contributed by atoms with E-state index in [1.165, 1.54) is 30.4 Å². The van der Waals surface area contributed by atoms with E-state index in [9.17, 15) is 4.79 Å². The molecule has 0 aromatic heterocycles. The van der Waals surface area contributed by atoms with Crippen molar-refractivity contribution in [3.05, 3.63) is 34.9 Å². The first-order valence-electron chi connectivity index (χ1n) is 8.75. The van der Waals surface area contributed by atoms with Gasteiger partial charge in [-0.05, 0) is 75.2 Å². The fraction of sp³-hybridized carbons (Fsp3) is 0.632. The molecule has 0 saturated carbocycles. The van der Waals surface area contributed by atoms with Gasteiger partial charge in [0.15, 0.2) is 0 Å². The summed E-state index contributed by atoms with van der Waals surface area (Å²) < 4.78 is 0. The van der Waals surface area contributed by atoms with Crippen molar-refractivity contribution in [3.8, 4) is 0 Å². The van der Waals surface area contributed by atoms with Gasteiger partial charge in [-0.1, -0.05) is 18.6 Å². The van der Waals surface area contributed by atoms with Crippen molar-refractivity contribution in [2.45, 2.75) is 45.4 Å². The highest BCUT2D eigenvalue weighted by Crippen LogP contribution is 2.28. The van der Waals surface area contributed by atoms with Crippen molar-refractivity contribution in [1.82, 2.24) is 10.2 Å². The quantitative estimate of drug-likeness (QED) is 0.908.